The summed E-state index contributed by atoms with van der Waals surface area (Å²) in [4.78, 5) is 11.3. The van der Waals surface area contributed by atoms with E-state index in [1.807, 2.05) is 6.92 Å². The van der Waals surface area contributed by atoms with E-state index in [9.17, 15) is 18.7 Å². The van der Waals surface area contributed by atoms with Crippen LogP contribution < -0.4 is 4.74 Å². The van der Waals surface area contributed by atoms with Gasteiger partial charge in [0.25, 0.3) is 0 Å². The number of aromatic nitrogens is 2. The third kappa shape index (κ3) is 3.01. The Morgan fingerprint density at radius 1 is 1.38 bits per heavy atom. The fourth-order valence-corrected chi connectivity index (χ4v) is 2.11. The van der Waals surface area contributed by atoms with Gasteiger partial charge in [-0.25, -0.2) is 9.48 Å². The number of carbonyl (C=O) groups is 1. The fraction of sp³-hybridized carbons (Fsp3) is 0.286. The minimum Gasteiger partial charge on any atom is -0.478 e. The van der Waals surface area contributed by atoms with Crippen LogP contribution in [0.4, 0.5) is 8.78 Å². The van der Waals surface area contributed by atoms with Crippen molar-refractivity contribution in [3.8, 4) is 11.4 Å². The Morgan fingerprint density at radius 3 is 2.43 bits per heavy atom. The van der Waals surface area contributed by atoms with Gasteiger partial charge in [-0.15, -0.1) is 0 Å². The van der Waals surface area contributed by atoms with Crippen LogP contribution in [-0.4, -0.2) is 27.5 Å². The molecule has 0 bridgehead atoms. The molecule has 1 aromatic heterocycles. The lowest BCUT2D eigenvalue weighted by molar-refractivity contribution is -0.0498. The molecule has 0 radical (unpaired) electrons. The molecular weight excluding hydrogens is 282 g/mol. The van der Waals surface area contributed by atoms with Gasteiger partial charge in [-0.05, 0) is 37.6 Å². The summed E-state index contributed by atoms with van der Waals surface area (Å²) in [7, 11) is 0. The molecule has 2 rings (SSSR count). The summed E-state index contributed by atoms with van der Waals surface area (Å²) in [5, 5.41) is 13.5. The summed E-state index contributed by atoms with van der Waals surface area (Å²) in [5.74, 6) is -0.999. The SMILES string of the molecule is CCc1nn(-c2ccc(OC(F)F)cc2)c(C)c1C(=O)O. The van der Waals surface area contributed by atoms with E-state index in [-0.39, 0.29) is 11.3 Å². The van der Waals surface area contributed by atoms with E-state index in [2.05, 4.69) is 9.84 Å². The molecule has 0 amide bonds. The average molecular weight is 296 g/mol. The highest BCUT2D eigenvalue weighted by Gasteiger charge is 2.20. The lowest BCUT2D eigenvalue weighted by Crippen LogP contribution is -2.04. The van der Waals surface area contributed by atoms with E-state index < -0.39 is 12.6 Å². The average Bonchev–Trinajstić information content (AvgIpc) is 2.76. The van der Waals surface area contributed by atoms with Crippen LogP contribution in [-0.2, 0) is 6.42 Å². The van der Waals surface area contributed by atoms with Gasteiger partial charge in [0.1, 0.15) is 11.3 Å². The second-order valence-electron chi connectivity index (χ2n) is 4.35. The minimum atomic E-state index is -2.88. The third-order valence-electron chi connectivity index (χ3n) is 3.04. The van der Waals surface area contributed by atoms with E-state index in [4.69, 9.17) is 0 Å². The number of nitrogens with zero attached hydrogens (tertiary/aromatic N) is 2. The monoisotopic (exact) mass is 296 g/mol. The zero-order valence-corrected chi connectivity index (χ0v) is 11.5. The first-order valence-electron chi connectivity index (χ1n) is 6.31. The molecule has 1 heterocycles. The number of ether oxygens (including phenoxy) is 1. The smallest absolute Gasteiger partial charge is 0.387 e. The predicted octanol–water partition coefficient (Wildman–Crippen LogP) is 3.04. The van der Waals surface area contributed by atoms with Gasteiger partial charge in [-0.1, -0.05) is 6.92 Å². The summed E-state index contributed by atoms with van der Waals surface area (Å²) < 4.78 is 29.9. The molecule has 0 saturated heterocycles. The van der Waals surface area contributed by atoms with E-state index in [1.165, 1.54) is 16.8 Å². The van der Waals surface area contributed by atoms with E-state index in [0.717, 1.165) is 0 Å². The number of aryl methyl sites for hydroxylation is 1. The first-order chi connectivity index (χ1) is 9.93. The Morgan fingerprint density at radius 2 is 2.00 bits per heavy atom. The number of halogens is 2. The lowest BCUT2D eigenvalue weighted by atomic mass is 10.1. The van der Waals surface area contributed by atoms with Crippen molar-refractivity contribution in [1.82, 2.24) is 9.78 Å². The van der Waals surface area contributed by atoms with Crippen LogP contribution in [0.25, 0.3) is 5.69 Å². The summed E-state index contributed by atoms with van der Waals surface area (Å²) in [6.07, 6.45) is 0.488. The molecule has 0 aliphatic heterocycles. The largest absolute Gasteiger partial charge is 0.478 e. The van der Waals surface area contributed by atoms with Crippen molar-refractivity contribution in [1.29, 1.82) is 0 Å². The molecule has 0 spiro atoms. The van der Waals surface area contributed by atoms with E-state index in [0.29, 0.717) is 23.5 Å². The van der Waals surface area contributed by atoms with E-state index >= 15 is 0 Å². The standard InChI is InChI=1S/C14H14F2N2O3/c1-3-11-12(13(19)20)8(2)18(17-11)9-4-6-10(7-5-9)21-14(15)16/h4-7,14H,3H2,1-2H3,(H,19,20). The third-order valence-corrected chi connectivity index (χ3v) is 3.04. The van der Waals surface area contributed by atoms with Crippen LogP contribution in [0.3, 0.4) is 0 Å². The highest BCUT2D eigenvalue weighted by Crippen LogP contribution is 2.21. The topological polar surface area (TPSA) is 64.4 Å². The van der Waals surface area contributed by atoms with Gasteiger partial charge in [0.05, 0.1) is 17.1 Å². The number of benzene rings is 1. The molecule has 2 aromatic rings. The Labute approximate surface area is 119 Å². The van der Waals surface area contributed by atoms with Crippen LogP contribution in [0.1, 0.15) is 28.7 Å². The molecule has 112 valence electrons. The van der Waals surface area contributed by atoms with Crippen LogP contribution in [0.15, 0.2) is 24.3 Å². The second kappa shape index (κ2) is 5.90. The molecule has 21 heavy (non-hydrogen) atoms. The van der Waals surface area contributed by atoms with Crippen LogP contribution >= 0.6 is 0 Å². The molecule has 0 aliphatic carbocycles. The highest BCUT2D eigenvalue weighted by atomic mass is 19.3. The summed E-state index contributed by atoms with van der Waals surface area (Å²) in [5.41, 5.74) is 1.72. The lowest BCUT2D eigenvalue weighted by Gasteiger charge is -2.07. The van der Waals surface area contributed by atoms with Gasteiger partial charge in [-0.3, -0.25) is 0 Å². The van der Waals surface area contributed by atoms with Crippen LogP contribution in [0.5, 0.6) is 5.75 Å². The Balaban J connectivity index is 2.40. The molecule has 0 atom stereocenters. The minimum absolute atomic E-state index is 0.0349. The maximum absolute atomic E-state index is 12.1. The van der Waals surface area contributed by atoms with Crippen LogP contribution in [0.2, 0.25) is 0 Å². The quantitative estimate of drug-likeness (QED) is 0.921. The van der Waals surface area contributed by atoms with Crippen molar-refractivity contribution in [2.24, 2.45) is 0 Å². The van der Waals surface area contributed by atoms with Gasteiger partial charge in [0.2, 0.25) is 0 Å². The van der Waals surface area contributed by atoms with Gasteiger partial charge in [0, 0.05) is 0 Å². The van der Waals surface area contributed by atoms with Crippen molar-refractivity contribution < 1.29 is 23.4 Å². The molecular formula is C14H14F2N2O3. The van der Waals surface area contributed by atoms with Crippen molar-refractivity contribution >= 4 is 5.97 Å². The van der Waals surface area contributed by atoms with Gasteiger partial charge >= 0.3 is 12.6 Å². The maximum Gasteiger partial charge on any atom is 0.387 e. The van der Waals surface area contributed by atoms with Gasteiger partial charge < -0.3 is 9.84 Å². The normalized spacial score (nSPS) is 10.9. The first-order valence-corrected chi connectivity index (χ1v) is 6.31. The van der Waals surface area contributed by atoms with Crippen molar-refractivity contribution in [2.45, 2.75) is 26.9 Å². The maximum atomic E-state index is 12.1. The number of hydrogen-bond acceptors (Lipinski definition) is 3. The van der Waals surface area contributed by atoms with Crippen LogP contribution in [0, 0.1) is 6.92 Å². The number of carboxylic acid groups (broad SMARTS) is 1. The molecule has 0 unspecified atom stereocenters. The Hall–Kier alpha value is -2.44. The molecule has 5 nitrogen and oxygen atoms in total. The summed E-state index contributed by atoms with van der Waals surface area (Å²) >= 11 is 0. The molecule has 0 saturated carbocycles. The molecule has 0 fully saturated rings. The Bertz CT molecular complexity index is 651. The van der Waals surface area contributed by atoms with Gasteiger partial charge in [0.15, 0.2) is 0 Å². The molecule has 7 heteroatoms. The number of aromatic carboxylic acids is 1. The van der Waals surface area contributed by atoms with E-state index in [1.54, 1.807) is 19.1 Å². The fourth-order valence-electron chi connectivity index (χ4n) is 2.11. The predicted molar refractivity (Wildman–Crippen MR) is 71.3 cm³/mol. The number of rotatable bonds is 5. The summed E-state index contributed by atoms with van der Waals surface area (Å²) in [6, 6.07) is 5.86. The van der Waals surface area contributed by atoms with Gasteiger partial charge in [-0.2, -0.15) is 13.9 Å². The highest BCUT2D eigenvalue weighted by molar-refractivity contribution is 5.90. The second-order valence-corrected chi connectivity index (χ2v) is 4.35. The number of hydrogen-bond donors (Lipinski definition) is 1. The molecule has 1 N–H and O–H groups in total. The first kappa shape index (κ1) is 15.0. The van der Waals surface area contributed by atoms with Crippen molar-refractivity contribution in [3.05, 3.63) is 41.2 Å². The Kier molecular flexibility index (Phi) is 4.21. The molecule has 0 aliphatic rings. The zero-order chi connectivity index (χ0) is 15.6. The molecule has 1 aromatic carbocycles. The van der Waals surface area contributed by atoms with Crippen molar-refractivity contribution in [3.63, 3.8) is 0 Å². The number of alkyl halides is 2. The summed E-state index contributed by atoms with van der Waals surface area (Å²) in [6.45, 7) is 0.588. The zero-order valence-electron chi connectivity index (χ0n) is 11.5. The number of carboxylic acids is 1. The van der Waals surface area contributed by atoms with Crippen molar-refractivity contribution in [2.75, 3.05) is 0 Å².